The van der Waals surface area contributed by atoms with Gasteiger partial charge in [-0.25, -0.2) is 0 Å². The maximum Gasteiger partial charge on any atom is 0.255 e. The van der Waals surface area contributed by atoms with Crippen molar-refractivity contribution in [2.24, 2.45) is 17.8 Å². The van der Waals surface area contributed by atoms with Crippen LogP contribution in [-0.2, 0) is 0 Å². The molecule has 1 heterocycles. The Bertz CT molecular complexity index is 1160. The molecule has 3 nitrogen and oxygen atoms in total. The highest BCUT2D eigenvalue weighted by Gasteiger charge is 2.53. The minimum absolute atomic E-state index is 0.0285. The lowest BCUT2D eigenvalue weighted by Crippen LogP contribution is -2.35. The summed E-state index contributed by atoms with van der Waals surface area (Å²) in [4.78, 5) is 14.2. The van der Waals surface area contributed by atoms with Crippen LogP contribution in [0.1, 0.15) is 52.7 Å². The number of anilines is 2. The molecule has 2 N–H and O–H groups in total. The van der Waals surface area contributed by atoms with Crippen LogP contribution in [-0.4, -0.2) is 12.2 Å². The molecule has 0 radical (unpaired) electrons. The van der Waals surface area contributed by atoms with Crippen LogP contribution >= 0.6 is 11.8 Å². The predicted molar refractivity (Wildman–Crippen MR) is 132 cm³/mol. The summed E-state index contributed by atoms with van der Waals surface area (Å²) in [5.41, 5.74) is 5.56. The number of hydrogen-bond acceptors (Lipinski definition) is 3. The van der Waals surface area contributed by atoms with Crippen LogP contribution in [0.25, 0.3) is 0 Å². The summed E-state index contributed by atoms with van der Waals surface area (Å²) < 4.78 is 0. The Balaban J connectivity index is 1.35. The number of nitrogens with one attached hydrogen (secondary N) is 2. The average Bonchev–Trinajstić information content (AvgIpc) is 3.47. The van der Waals surface area contributed by atoms with Crippen molar-refractivity contribution in [3.63, 3.8) is 0 Å². The molecule has 162 valence electrons. The van der Waals surface area contributed by atoms with Crippen LogP contribution in [0, 0.1) is 17.8 Å². The lowest BCUT2D eigenvalue weighted by Gasteiger charge is -2.43. The zero-order chi connectivity index (χ0) is 21.7. The van der Waals surface area contributed by atoms with Gasteiger partial charge in [-0.05, 0) is 90.6 Å². The van der Waals surface area contributed by atoms with Crippen molar-refractivity contribution in [1.29, 1.82) is 0 Å². The third-order valence-corrected chi connectivity index (χ3v) is 8.66. The first kappa shape index (κ1) is 19.9. The lowest BCUT2D eigenvalue weighted by molar-refractivity contribution is 0.102. The Labute approximate surface area is 194 Å². The standard InChI is InChI=1S/C28H28N2OS/c1-32-24-10-6-5-9-23(24)30-28(31)20-13-14-22-21(16-20)25-18-11-12-19(15-18)26(25)27(29-22)17-7-3-2-4-8-17/h2-10,13-14,16,18-19,25-27,29H,11-12,15H2,1H3,(H,30,31)/t18-,19-,25-,26+,27-/m0/s1. The fraction of sp³-hybridized carbons (Fsp3) is 0.321. The van der Waals surface area contributed by atoms with Crippen molar-refractivity contribution in [3.8, 4) is 0 Å². The molecule has 4 heteroatoms. The zero-order valence-electron chi connectivity index (χ0n) is 18.3. The molecule has 1 amide bonds. The van der Waals surface area contributed by atoms with Crippen molar-refractivity contribution in [1.82, 2.24) is 0 Å². The SMILES string of the molecule is CSc1ccccc1NC(=O)c1ccc2c(c1)[C@@H]1[C@H]3CC[C@@H](C3)[C@H]1[C@H](c1ccccc1)N2. The molecule has 3 aliphatic rings. The molecule has 32 heavy (non-hydrogen) atoms. The van der Waals surface area contributed by atoms with Crippen molar-refractivity contribution >= 4 is 29.0 Å². The number of thioether (sulfide) groups is 1. The van der Waals surface area contributed by atoms with Crippen LogP contribution in [0.3, 0.4) is 0 Å². The van der Waals surface area contributed by atoms with Crippen LogP contribution < -0.4 is 10.6 Å². The van der Waals surface area contributed by atoms with Gasteiger partial charge in [0.1, 0.15) is 0 Å². The van der Waals surface area contributed by atoms with E-state index in [2.05, 4.69) is 53.1 Å². The second kappa shape index (κ2) is 8.00. The second-order valence-corrected chi connectivity index (χ2v) is 10.3. The Hall–Kier alpha value is -2.72. The molecule has 0 spiro atoms. The molecular formula is C28H28N2OS. The van der Waals surface area contributed by atoms with Gasteiger partial charge in [-0.3, -0.25) is 4.79 Å². The average molecular weight is 441 g/mol. The van der Waals surface area contributed by atoms with Crippen LogP contribution in [0.5, 0.6) is 0 Å². The van der Waals surface area contributed by atoms with Gasteiger partial charge < -0.3 is 10.6 Å². The zero-order valence-corrected chi connectivity index (χ0v) is 19.1. The fourth-order valence-electron chi connectivity index (χ4n) is 6.56. The van der Waals surface area contributed by atoms with E-state index >= 15 is 0 Å². The number of para-hydroxylation sites is 1. The second-order valence-electron chi connectivity index (χ2n) is 9.43. The van der Waals surface area contributed by atoms with Crippen molar-refractivity contribution in [2.75, 3.05) is 16.9 Å². The van der Waals surface area contributed by atoms with Gasteiger partial charge in [0, 0.05) is 16.1 Å². The molecule has 5 atom stereocenters. The number of amides is 1. The van der Waals surface area contributed by atoms with E-state index in [1.54, 1.807) is 11.8 Å². The van der Waals surface area contributed by atoms with Gasteiger partial charge in [-0.1, -0.05) is 42.5 Å². The highest BCUT2D eigenvalue weighted by Crippen LogP contribution is 2.63. The summed E-state index contributed by atoms with van der Waals surface area (Å²) in [6.07, 6.45) is 6.04. The lowest BCUT2D eigenvalue weighted by atomic mass is 9.68. The first-order valence-corrected chi connectivity index (χ1v) is 12.8. The van der Waals surface area contributed by atoms with E-state index in [1.165, 1.54) is 36.1 Å². The van der Waals surface area contributed by atoms with Gasteiger partial charge in [0.05, 0.1) is 11.7 Å². The quantitative estimate of drug-likeness (QED) is 0.431. The normalized spacial score (nSPS) is 27.3. The minimum Gasteiger partial charge on any atom is -0.378 e. The van der Waals surface area contributed by atoms with Gasteiger partial charge in [0.25, 0.3) is 5.91 Å². The van der Waals surface area contributed by atoms with Crippen molar-refractivity contribution in [3.05, 3.63) is 89.5 Å². The molecular weight excluding hydrogens is 412 g/mol. The maximum absolute atomic E-state index is 13.2. The van der Waals surface area contributed by atoms with Crippen LogP contribution in [0.2, 0.25) is 0 Å². The van der Waals surface area contributed by atoms with E-state index in [0.717, 1.165) is 28.0 Å². The molecule has 0 unspecified atom stereocenters. The molecule has 0 saturated heterocycles. The van der Waals surface area contributed by atoms with E-state index in [9.17, 15) is 4.79 Å². The molecule has 3 aromatic rings. The number of carbonyl (C=O) groups excluding carboxylic acids is 1. The van der Waals surface area contributed by atoms with E-state index in [1.807, 2.05) is 36.6 Å². The third kappa shape index (κ3) is 3.24. The van der Waals surface area contributed by atoms with Crippen molar-refractivity contribution < 1.29 is 4.79 Å². The molecule has 2 fully saturated rings. The topological polar surface area (TPSA) is 41.1 Å². The first-order valence-electron chi connectivity index (χ1n) is 11.6. The molecule has 2 aliphatic carbocycles. The Morgan fingerprint density at radius 2 is 1.75 bits per heavy atom. The van der Waals surface area contributed by atoms with E-state index < -0.39 is 0 Å². The molecule has 2 bridgehead atoms. The maximum atomic E-state index is 13.2. The summed E-state index contributed by atoms with van der Waals surface area (Å²) >= 11 is 1.65. The fourth-order valence-corrected chi connectivity index (χ4v) is 7.11. The number of fused-ring (bicyclic) bond motifs is 7. The molecule has 0 aromatic heterocycles. The first-order chi connectivity index (χ1) is 15.7. The predicted octanol–water partition coefficient (Wildman–Crippen LogP) is 6.96. The summed E-state index contributed by atoms with van der Waals surface area (Å²) in [6.45, 7) is 0. The van der Waals surface area contributed by atoms with E-state index in [0.29, 0.717) is 17.9 Å². The molecule has 2 saturated carbocycles. The third-order valence-electron chi connectivity index (χ3n) is 7.86. The minimum atomic E-state index is -0.0285. The number of hydrogen-bond donors (Lipinski definition) is 2. The van der Waals surface area contributed by atoms with Gasteiger partial charge in [0.2, 0.25) is 0 Å². The Morgan fingerprint density at radius 3 is 2.59 bits per heavy atom. The molecule has 6 rings (SSSR count). The Morgan fingerprint density at radius 1 is 0.969 bits per heavy atom. The van der Waals surface area contributed by atoms with Gasteiger partial charge >= 0.3 is 0 Å². The van der Waals surface area contributed by atoms with E-state index in [4.69, 9.17) is 0 Å². The highest BCUT2D eigenvalue weighted by atomic mass is 32.2. The van der Waals surface area contributed by atoms with Gasteiger partial charge in [-0.15, -0.1) is 11.8 Å². The molecule has 1 aliphatic heterocycles. The Kier molecular flexibility index (Phi) is 4.98. The summed E-state index contributed by atoms with van der Waals surface area (Å²) in [6, 6.07) is 25.5. The number of rotatable bonds is 4. The van der Waals surface area contributed by atoms with Crippen LogP contribution in [0.4, 0.5) is 11.4 Å². The van der Waals surface area contributed by atoms with Gasteiger partial charge in [0.15, 0.2) is 0 Å². The number of carbonyl (C=O) groups is 1. The van der Waals surface area contributed by atoms with Gasteiger partial charge in [-0.2, -0.15) is 0 Å². The van der Waals surface area contributed by atoms with Crippen LogP contribution in [0.15, 0.2) is 77.7 Å². The monoisotopic (exact) mass is 440 g/mol. The summed E-state index contributed by atoms with van der Waals surface area (Å²) in [5.74, 6) is 2.65. The largest absolute Gasteiger partial charge is 0.378 e. The van der Waals surface area contributed by atoms with Crippen molar-refractivity contribution in [2.45, 2.75) is 36.1 Å². The highest BCUT2D eigenvalue weighted by molar-refractivity contribution is 7.98. The van der Waals surface area contributed by atoms with E-state index in [-0.39, 0.29) is 5.91 Å². The smallest absolute Gasteiger partial charge is 0.255 e. The molecule has 3 aromatic carbocycles. The summed E-state index contributed by atoms with van der Waals surface area (Å²) in [7, 11) is 0. The summed E-state index contributed by atoms with van der Waals surface area (Å²) in [5, 5.41) is 7.00. The number of benzene rings is 3.